The monoisotopic (exact) mass is 529 g/mol. The van der Waals surface area contributed by atoms with E-state index in [9.17, 15) is 14.4 Å². The molecule has 2 aromatic rings. The maximum Gasteiger partial charge on any atom is 0.408 e. The predicted octanol–water partition coefficient (Wildman–Crippen LogP) is 3.20. The van der Waals surface area contributed by atoms with Crippen LogP contribution in [0.15, 0.2) is 53.6 Å². The number of hydrazone groups is 1. The maximum absolute atomic E-state index is 12.8. The second kappa shape index (κ2) is 15.2. The van der Waals surface area contributed by atoms with Gasteiger partial charge in [-0.3, -0.25) is 4.79 Å². The molecule has 38 heavy (non-hydrogen) atoms. The van der Waals surface area contributed by atoms with Gasteiger partial charge in [-0.15, -0.1) is 0 Å². The lowest BCUT2D eigenvalue weighted by atomic mass is 10.2. The largest absolute Gasteiger partial charge is 0.493 e. The molecule has 11 heteroatoms. The van der Waals surface area contributed by atoms with Crippen LogP contribution in [0.25, 0.3) is 0 Å². The topological polar surface area (TPSA) is 134 Å². The molecule has 0 aromatic heterocycles. The number of methoxy groups -OCH3 is 1. The number of amides is 2. The minimum absolute atomic E-state index is 0.101. The van der Waals surface area contributed by atoms with Crippen LogP contribution in [0.2, 0.25) is 0 Å². The van der Waals surface area contributed by atoms with Crippen molar-refractivity contribution in [1.82, 2.24) is 10.7 Å². The van der Waals surface area contributed by atoms with Crippen molar-refractivity contribution in [2.45, 2.75) is 45.9 Å². The summed E-state index contributed by atoms with van der Waals surface area (Å²) in [4.78, 5) is 36.6. The molecule has 0 aliphatic heterocycles. The van der Waals surface area contributed by atoms with Gasteiger partial charge in [0.1, 0.15) is 11.6 Å². The summed E-state index contributed by atoms with van der Waals surface area (Å²) in [6.45, 7) is 7.03. The van der Waals surface area contributed by atoms with Crippen LogP contribution >= 0.6 is 0 Å². The van der Waals surface area contributed by atoms with E-state index >= 15 is 0 Å². The van der Waals surface area contributed by atoms with Gasteiger partial charge in [-0.1, -0.05) is 30.3 Å². The fourth-order valence-electron chi connectivity index (χ4n) is 2.97. The summed E-state index contributed by atoms with van der Waals surface area (Å²) >= 11 is 0. The van der Waals surface area contributed by atoms with Gasteiger partial charge in [-0.2, -0.15) is 5.10 Å². The minimum Gasteiger partial charge on any atom is -0.493 e. The Morgan fingerprint density at radius 3 is 2.45 bits per heavy atom. The van der Waals surface area contributed by atoms with E-state index in [4.69, 9.17) is 23.7 Å². The summed E-state index contributed by atoms with van der Waals surface area (Å²) in [5, 5.41) is 6.49. The Balaban J connectivity index is 2.01. The molecule has 2 rings (SSSR count). The molecule has 2 N–H and O–H groups in total. The summed E-state index contributed by atoms with van der Waals surface area (Å²) in [5.74, 6) is -0.381. The SMILES string of the molecule is CCOC(=O)COc1ccc(/C=N\NC(=O)[C@H](COCc2ccccc2)NC(=O)OC(C)(C)C)cc1OC. The number of carbonyl (C=O) groups is 3. The van der Waals surface area contributed by atoms with Crippen LogP contribution in [0.5, 0.6) is 11.5 Å². The zero-order chi connectivity index (χ0) is 28.0. The van der Waals surface area contributed by atoms with Crippen molar-refractivity contribution in [2.24, 2.45) is 5.10 Å². The van der Waals surface area contributed by atoms with E-state index in [0.717, 1.165) is 5.56 Å². The van der Waals surface area contributed by atoms with Gasteiger partial charge in [-0.05, 0) is 57.0 Å². The van der Waals surface area contributed by atoms with E-state index < -0.39 is 29.6 Å². The molecule has 206 valence electrons. The van der Waals surface area contributed by atoms with Crippen molar-refractivity contribution in [3.05, 3.63) is 59.7 Å². The molecule has 0 aliphatic rings. The van der Waals surface area contributed by atoms with Gasteiger partial charge < -0.3 is 29.0 Å². The van der Waals surface area contributed by atoms with Gasteiger partial charge in [0, 0.05) is 0 Å². The Hall–Kier alpha value is -4.12. The highest BCUT2D eigenvalue weighted by atomic mass is 16.6. The third kappa shape index (κ3) is 11.3. The third-order valence-electron chi connectivity index (χ3n) is 4.63. The lowest BCUT2D eigenvalue weighted by molar-refractivity contribution is -0.145. The zero-order valence-corrected chi connectivity index (χ0v) is 22.3. The number of nitrogens with one attached hydrogen (secondary N) is 2. The molecular weight excluding hydrogens is 494 g/mol. The van der Waals surface area contributed by atoms with E-state index in [1.54, 1.807) is 45.9 Å². The summed E-state index contributed by atoms with van der Waals surface area (Å²) in [6.07, 6.45) is 0.637. The molecule has 0 unspecified atom stereocenters. The highest BCUT2D eigenvalue weighted by Crippen LogP contribution is 2.27. The van der Waals surface area contributed by atoms with E-state index in [1.807, 2.05) is 30.3 Å². The summed E-state index contributed by atoms with van der Waals surface area (Å²) in [6, 6.07) is 13.3. The maximum atomic E-state index is 12.8. The van der Waals surface area contributed by atoms with Crippen LogP contribution in [-0.4, -0.2) is 62.8 Å². The lowest BCUT2D eigenvalue weighted by Crippen LogP contribution is -2.49. The quantitative estimate of drug-likeness (QED) is 0.230. The number of carbonyl (C=O) groups excluding carboxylic acids is 3. The molecular formula is C27H35N3O8. The molecule has 0 spiro atoms. The average Bonchev–Trinajstić information content (AvgIpc) is 2.86. The molecule has 0 saturated carbocycles. The first-order valence-corrected chi connectivity index (χ1v) is 12.0. The Bertz CT molecular complexity index is 1080. The van der Waals surface area contributed by atoms with Crippen molar-refractivity contribution in [1.29, 1.82) is 0 Å². The Morgan fingerprint density at radius 2 is 1.79 bits per heavy atom. The number of ether oxygens (including phenoxy) is 5. The number of rotatable bonds is 13. The van der Waals surface area contributed by atoms with Crippen LogP contribution in [0.4, 0.5) is 4.79 Å². The predicted molar refractivity (Wildman–Crippen MR) is 140 cm³/mol. The summed E-state index contributed by atoms with van der Waals surface area (Å²) in [7, 11) is 1.46. The van der Waals surface area contributed by atoms with Crippen LogP contribution < -0.4 is 20.2 Å². The van der Waals surface area contributed by atoms with Gasteiger partial charge in [0.15, 0.2) is 18.1 Å². The Kier molecular flexibility index (Phi) is 12.0. The standard InChI is InChI=1S/C27H35N3O8/c1-6-36-24(31)18-37-22-13-12-20(14-23(22)34-5)15-28-30-25(32)21(29-26(33)38-27(2,3)4)17-35-16-19-10-8-7-9-11-19/h7-15,21H,6,16-18H2,1-5H3,(H,29,33)(H,30,32)/b28-15-/t21-/m0/s1. The first kappa shape index (κ1) is 30.1. The van der Waals surface area contributed by atoms with Crippen LogP contribution in [0, 0.1) is 0 Å². The molecule has 0 bridgehead atoms. The van der Waals surface area contributed by atoms with Crippen LogP contribution in [0.1, 0.15) is 38.8 Å². The second-order valence-corrected chi connectivity index (χ2v) is 8.94. The minimum atomic E-state index is -1.06. The van der Waals surface area contributed by atoms with Crippen molar-refractivity contribution in [3.8, 4) is 11.5 Å². The molecule has 2 amide bonds. The Morgan fingerprint density at radius 1 is 1.05 bits per heavy atom. The molecule has 0 radical (unpaired) electrons. The van der Waals surface area contributed by atoms with Gasteiger partial charge >= 0.3 is 12.1 Å². The normalized spacial score (nSPS) is 11.9. The molecule has 0 saturated heterocycles. The third-order valence-corrected chi connectivity index (χ3v) is 4.63. The van der Waals surface area contributed by atoms with Gasteiger partial charge in [-0.25, -0.2) is 15.0 Å². The molecule has 0 heterocycles. The highest BCUT2D eigenvalue weighted by Gasteiger charge is 2.24. The van der Waals surface area contributed by atoms with Crippen LogP contribution in [-0.2, 0) is 30.4 Å². The molecule has 0 fully saturated rings. The van der Waals surface area contributed by atoms with E-state index in [1.165, 1.54) is 13.3 Å². The molecule has 1 atom stereocenters. The molecule has 2 aromatic carbocycles. The number of nitrogens with zero attached hydrogens (tertiary/aromatic N) is 1. The number of hydrogen-bond donors (Lipinski definition) is 2. The van der Waals surface area contributed by atoms with Gasteiger partial charge in [0.25, 0.3) is 5.91 Å². The smallest absolute Gasteiger partial charge is 0.408 e. The summed E-state index contributed by atoms with van der Waals surface area (Å²) < 4.78 is 26.5. The lowest BCUT2D eigenvalue weighted by Gasteiger charge is -2.22. The Labute approximate surface area is 222 Å². The molecule has 11 nitrogen and oxygen atoms in total. The number of benzene rings is 2. The van der Waals surface area contributed by atoms with Crippen LogP contribution in [0.3, 0.4) is 0 Å². The van der Waals surface area contributed by atoms with Gasteiger partial charge in [0.2, 0.25) is 0 Å². The second-order valence-electron chi connectivity index (χ2n) is 8.94. The molecule has 0 aliphatic carbocycles. The average molecular weight is 530 g/mol. The first-order valence-electron chi connectivity index (χ1n) is 12.0. The van der Waals surface area contributed by atoms with Crippen molar-refractivity contribution in [2.75, 3.05) is 26.9 Å². The fourth-order valence-corrected chi connectivity index (χ4v) is 2.97. The zero-order valence-electron chi connectivity index (χ0n) is 22.3. The van der Waals surface area contributed by atoms with Crippen molar-refractivity contribution >= 4 is 24.2 Å². The van der Waals surface area contributed by atoms with Crippen molar-refractivity contribution < 1.29 is 38.1 Å². The number of hydrogen-bond acceptors (Lipinski definition) is 9. The fraction of sp³-hybridized carbons (Fsp3) is 0.407. The van der Waals surface area contributed by atoms with E-state index in [-0.39, 0.29) is 26.4 Å². The van der Waals surface area contributed by atoms with Crippen molar-refractivity contribution in [3.63, 3.8) is 0 Å². The van der Waals surface area contributed by atoms with E-state index in [2.05, 4.69) is 15.8 Å². The number of esters is 1. The number of alkyl carbamates (subject to hydrolysis) is 1. The first-order chi connectivity index (χ1) is 18.1. The van der Waals surface area contributed by atoms with E-state index in [0.29, 0.717) is 17.1 Å². The van der Waals surface area contributed by atoms with Gasteiger partial charge in [0.05, 0.1) is 33.1 Å². The highest BCUT2D eigenvalue weighted by molar-refractivity contribution is 5.87. The summed E-state index contributed by atoms with van der Waals surface area (Å²) in [5.41, 5.74) is 3.17.